The number of carboxylic acid groups (broad SMARTS) is 1. The lowest BCUT2D eigenvalue weighted by Gasteiger charge is -2.18. The van der Waals surface area contributed by atoms with E-state index in [0.717, 1.165) is 0 Å². The molecule has 0 amide bonds. The lowest BCUT2D eigenvalue weighted by Crippen LogP contribution is -2.47. The van der Waals surface area contributed by atoms with Gasteiger partial charge in [0.15, 0.2) is 0 Å². The molecule has 0 aliphatic heterocycles. The van der Waals surface area contributed by atoms with Crippen LogP contribution >= 0.6 is 0 Å². The normalized spacial score (nSPS) is 16.5. The summed E-state index contributed by atoms with van der Waals surface area (Å²) >= 11 is 0. The summed E-state index contributed by atoms with van der Waals surface area (Å²) in [4.78, 5) is 10.3. The number of aliphatic hydroxyl groups is 1. The van der Waals surface area contributed by atoms with E-state index >= 15 is 0 Å². The van der Waals surface area contributed by atoms with Gasteiger partial charge in [0, 0.05) is 6.42 Å². The van der Waals surface area contributed by atoms with E-state index in [1.165, 1.54) is 0 Å². The summed E-state index contributed by atoms with van der Waals surface area (Å²) in [6, 6.07) is 0. The number of nitrogens with two attached hydrogens (primary N) is 1. The molecule has 0 aliphatic carbocycles. The van der Waals surface area contributed by atoms with E-state index in [9.17, 15) is 4.79 Å². The van der Waals surface area contributed by atoms with E-state index in [4.69, 9.17) is 15.9 Å². The van der Waals surface area contributed by atoms with Crippen LogP contribution in [0.1, 0.15) is 26.7 Å². The first-order chi connectivity index (χ1) is 4.86. The fourth-order valence-electron chi connectivity index (χ4n) is 0.616. The number of aliphatic carboxylic acids is 1. The SMILES string of the molecule is CC(C)CCC(N)(O)C(=O)O. The molecule has 0 aliphatic rings. The molecule has 0 spiro atoms. The molecule has 0 rings (SSSR count). The summed E-state index contributed by atoms with van der Waals surface area (Å²) in [5.74, 6) is -1.01. The van der Waals surface area contributed by atoms with Crippen molar-refractivity contribution in [3.05, 3.63) is 0 Å². The fraction of sp³-hybridized carbons (Fsp3) is 0.857. The molecule has 66 valence electrons. The van der Waals surface area contributed by atoms with Gasteiger partial charge in [0.1, 0.15) is 0 Å². The number of rotatable bonds is 4. The molecule has 0 radical (unpaired) electrons. The third-order valence-electron chi connectivity index (χ3n) is 1.47. The molecule has 0 fully saturated rings. The molecule has 11 heavy (non-hydrogen) atoms. The van der Waals surface area contributed by atoms with Crippen LogP contribution in [0, 0.1) is 5.92 Å². The van der Waals surface area contributed by atoms with Gasteiger partial charge in [0.05, 0.1) is 0 Å². The number of hydrogen-bond donors (Lipinski definition) is 3. The van der Waals surface area contributed by atoms with E-state index in [0.29, 0.717) is 12.3 Å². The number of carbonyl (C=O) groups is 1. The van der Waals surface area contributed by atoms with Crippen molar-refractivity contribution in [2.45, 2.75) is 32.4 Å². The molecule has 0 aromatic carbocycles. The van der Waals surface area contributed by atoms with Gasteiger partial charge in [-0.3, -0.25) is 5.73 Å². The number of hydrogen-bond acceptors (Lipinski definition) is 3. The zero-order valence-corrected chi connectivity index (χ0v) is 6.87. The quantitative estimate of drug-likeness (QED) is 0.513. The third-order valence-corrected chi connectivity index (χ3v) is 1.47. The molecule has 0 aromatic heterocycles. The van der Waals surface area contributed by atoms with Crippen LogP contribution in [0.25, 0.3) is 0 Å². The van der Waals surface area contributed by atoms with E-state index in [1.54, 1.807) is 0 Å². The minimum atomic E-state index is -2.05. The van der Waals surface area contributed by atoms with E-state index < -0.39 is 11.7 Å². The Kier molecular flexibility index (Phi) is 3.48. The Morgan fingerprint density at radius 1 is 1.64 bits per heavy atom. The van der Waals surface area contributed by atoms with Crippen molar-refractivity contribution < 1.29 is 15.0 Å². The van der Waals surface area contributed by atoms with Gasteiger partial charge >= 0.3 is 5.97 Å². The molecule has 0 saturated carbocycles. The first kappa shape index (κ1) is 10.4. The van der Waals surface area contributed by atoms with Crippen molar-refractivity contribution in [1.82, 2.24) is 0 Å². The van der Waals surface area contributed by atoms with Crippen molar-refractivity contribution in [3.8, 4) is 0 Å². The molecule has 0 aromatic rings. The lowest BCUT2D eigenvalue weighted by atomic mass is 10.0. The van der Waals surface area contributed by atoms with Crippen LogP contribution in [0.4, 0.5) is 0 Å². The molecule has 4 heteroatoms. The summed E-state index contributed by atoms with van der Waals surface area (Å²) in [6.07, 6.45) is 0.708. The molecular weight excluding hydrogens is 146 g/mol. The third kappa shape index (κ3) is 3.95. The smallest absolute Gasteiger partial charge is 0.350 e. The monoisotopic (exact) mass is 161 g/mol. The van der Waals surface area contributed by atoms with Crippen LogP contribution < -0.4 is 5.73 Å². The zero-order chi connectivity index (χ0) is 9.07. The van der Waals surface area contributed by atoms with Crippen LogP contribution in [0.5, 0.6) is 0 Å². The Morgan fingerprint density at radius 3 is 2.36 bits per heavy atom. The predicted octanol–water partition coefficient (Wildman–Crippen LogP) is 0.154. The van der Waals surface area contributed by atoms with Crippen molar-refractivity contribution in [3.63, 3.8) is 0 Å². The Labute approximate surface area is 66.0 Å². The van der Waals surface area contributed by atoms with Gasteiger partial charge < -0.3 is 10.2 Å². The topological polar surface area (TPSA) is 83.5 Å². The summed E-state index contributed by atoms with van der Waals surface area (Å²) in [6.45, 7) is 3.88. The van der Waals surface area contributed by atoms with Crippen molar-refractivity contribution in [1.29, 1.82) is 0 Å². The van der Waals surface area contributed by atoms with Gasteiger partial charge in [0.2, 0.25) is 5.72 Å². The van der Waals surface area contributed by atoms with Gasteiger partial charge in [-0.25, -0.2) is 4.79 Å². The van der Waals surface area contributed by atoms with Gasteiger partial charge in [-0.15, -0.1) is 0 Å². The van der Waals surface area contributed by atoms with Gasteiger partial charge in [-0.2, -0.15) is 0 Å². The fourth-order valence-corrected chi connectivity index (χ4v) is 0.616. The van der Waals surface area contributed by atoms with Crippen molar-refractivity contribution in [2.75, 3.05) is 0 Å². The van der Waals surface area contributed by atoms with Crippen molar-refractivity contribution >= 4 is 5.97 Å². The van der Waals surface area contributed by atoms with E-state index in [-0.39, 0.29) is 6.42 Å². The van der Waals surface area contributed by atoms with Crippen LogP contribution in [0.15, 0.2) is 0 Å². The van der Waals surface area contributed by atoms with E-state index in [2.05, 4.69) is 0 Å². The minimum absolute atomic E-state index is 0.0972. The van der Waals surface area contributed by atoms with Crippen LogP contribution in [0.3, 0.4) is 0 Å². The average molecular weight is 161 g/mol. The average Bonchev–Trinajstić information content (AvgIpc) is 1.84. The number of carboxylic acids is 1. The Hall–Kier alpha value is -0.610. The Balaban J connectivity index is 3.83. The Morgan fingerprint density at radius 2 is 2.09 bits per heavy atom. The Bertz CT molecular complexity index is 143. The molecular formula is C7H15NO3. The first-order valence-electron chi connectivity index (χ1n) is 3.61. The summed E-state index contributed by atoms with van der Waals surface area (Å²) in [5, 5.41) is 17.4. The molecule has 0 bridgehead atoms. The van der Waals surface area contributed by atoms with Gasteiger partial charge in [-0.05, 0) is 12.3 Å². The standard InChI is InChI=1S/C7H15NO3/c1-5(2)3-4-7(8,11)6(9)10/h5,11H,3-4,8H2,1-2H3,(H,9,10). The maximum atomic E-state index is 10.3. The van der Waals surface area contributed by atoms with Crippen LogP contribution in [-0.4, -0.2) is 21.9 Å². The highest BCUT2D eigenvalue weighted by Gasteiger charge is 2.30. The van der Waals surface area contributed by atoms with E-state index in [1.807, 2.05) is 13.8 Å². The van der Waals surface area contributed by atoms with Crippen LogP contribution in [-0.2, 0) is 4.79 Å². The second kappa shape index (κ2) is 3.69. The maximum absolute atomic E-state index is 10.3. The highest BCUT2D eigenvalue weighted by molar-refractivity contribution is 5.75. The molecule has 1 atom stereocenters. The summed E-state index contributed by atoms with van der Waals surface area (Å²) < 4.78 is 0. The summed E-state index contributed by atoms with van der Waals surface area (Å²) in [5.41, 5.74) is 3.01. The molecule has 1 unspecified atom stereocenters. The molecule has 0 heterocycles. The molecule has 4 nitrogen and oxygen atoms in total. The highest BCUT2D eigenvalue weighted by Crippen LogP contribution is 2.11. The highest BCUT2D eigenvalue weighted by atomic mass is 16.4. The predicted molar refractivity (Wildman–Crippen MR) is 40.8 cm³/mol. The van der Waals surface area contributed by atoms with Crippen molar-refractivity contribution in [2.24, 2.45) is 11.7 Å². The van der Waals surface area contributed by atoms with Crippen LogP contribution in [0.2, 0.25) is 0 Å². The molecule has 0 saturated heterocycles. The van der Waals surface area contributed by atoms with Gasteiger partial charge in [-0.1, -0.05) is 13.8 Å². The molecule has 4 N–H and O–H groups in total. The largest absolute Gasteiger partial charge is 0.478 e. The van der Waals surface area contributed by atoms with Gasteiger partial charge in [0.25, 0.3) is 0 Å². The second-order valence-electron chi connectivity index (χ2n) is 3.16. The maximum Gasteiger partial charge on any atom is 0.350 e. The summed E-state index contributed by atoms with van der Waals surface area (Å²) in [7, 11) is 0. The second-order valence-corrected chi connectivity index (χ2v) is 3.16. The first-order valence-corrected chi connectivity index (χ1v) is 3.61. The minimum Gasteiger partial charge on any atom is -0.478 e. The zero-order valence-electron chi connectivity index (χ0n) is 6.87. The lowest BCUT2D eigenvalue weighted by molar-refractivity contribution is -0.158.